The van der Waals surface area contributed by atoms with Crippen molar-refractivity contribution in [3.8, 4) is 0 Å². The minimum absolute atomic E-state index is 0.544. The lowest BCUT2D eigenvalue weighted by molar-refractivity contribution is 0.487. The van der Waals surface area contributed by atoms with Gasteiger partial charge in [0.15, 0.2) is 0 Å². The van der Waals surface area contributed by atoms with Gasteiger partial charge in [0, 0.05) is 25.0 Å². The Morgan fingerprint density at radius 3 is 2.88 bits per heavy atom. The van der Waals surface area contributed by atoms with Gasteiger partial charge in [-0.05, 0) is 12.8 Å². The quantitative estimate of drug-likeness (QED) is 0.828. The van der Waals surface area contributed by atoms with Gasteiger partial charge >= 0.3 is 0 Å². The summed E-state index contributed by atoms with van der Waals surface area (Å²) in [6, 6.07) is 1.20. The van der Waals surface area contributed by atoms with E-state index < -0.39 is 0 Å². The minimum atomic E-state index is 0.544. The number of nitrogens with one attached hydrogen (secondary N) is 1. The van der Waals surface area contributed by atoms with E-state index in [2.05, 4.69) is 33.9 Å². The molecule has 1 N–H and O–H groups in total. The number of rotatable bonds is 5. The Hall–Kier alpha value is -0.900. The summed E-state index contributed by atoms with van der Waals surface area (Å²) in [5.74, 6) is 1.14. The van der Waals surface area contributed by atoms with Gasteiger partial charge in [-0.15, -0.1) is 10.2 Å². The predicted molar refractivity (Wildman–Crippen MR) is 64.4 cm³/mol. The van der Waals surface area contributed by atoms with Gasteiger partial charge in [-0.2, -0.15) is 0 Å². The first-order chi connectivity index (χ1) is 7.77. The highest BCUT2D eigenvalue weighted by Gasteiger charge is 2.19. The molecular formula is C12H22N4. The zero-order valence-electron chi connectivity index (χ0n) is 10.3. The Bertz CT molecular complexity index is 313. The second-order valence-electron chi connectivity index (χ2n) is 4.95. The van der Waals surface area contributed by atoms with Crippen molar-refractivity contribution in [2.24, 2.45) is 0 Å². The fraction of sp³-hybridized carbons (Fsp3) is 0.833. The molecule has 1 saturated carbocycles. The van der Waals surface area contributed by atoms with Crippen LogP contribution in [0.4, 0.5) is 0 Å². The lowest BCUT2D eigenvalue weighted by Crippen LogP contribution is -2.26. The van der Waals surface area contributed by atoms with Gasteiger partial charge in [0.1, 0.15) is 12.2 Å². The first-order valence-electron chi connectivity index (χ1n) is 6.39. The van der Waals surface area contributed by atoms with Gasteiger partial charge in [0.2, 0.25) is 0 Å². The van der Waals surface area contributed by atoms with Gasteiger partial charge in [-0.3, -0.25) is 0 Å². The van der Waals surface area contributed by atoms with Crippen molar-refractivity contribution in [1.29, 1.82) is 0 Å². The van der Waals surface area contributed by atoms with Crippen molar-refractivity contribution in [1.82, 2.24) is 20.1 Å². The molecule has 0 aliphatic heterocycles. The summed E-state index contributed by atoms with van der Waals surface area (Å²) < 4.78 is 2.29. The van der Waals surface area contributed by atoms with E-state index in [0.29, 0.717) is 12.1 Å². The van der Waals surface area contributed by atoms with Gasteiger partial charge in [-0.1, -0.05) is 26.7 Å². The largest absolute Gasteiger partial charge is 0.314 e. The molecule has 1 aliphatic rings. The highest BCUT2D eigenvalue weighted by atomic mass is 15.3. The van der Waals surface area contributed by atoms with E-state index in [9.17, 15) is 0 Å². The second-order valence-corrected chi connectivity index (χ2v) is 4.95. The lowest BCUT2D eigenvalue weighted by atomic mass is 10.2. The average molecular weight is 222 g/mol. The minimum Gasteiger partial charge on any atom is -0.314 e. The first-order valence-corrected chi connectivity index (χ1v) is 6.39. The molecule has 90 valence electrons. The molecule has 0 bridgehead atoms. The molecule has 0 saturated heterocycles. The second kappa shape index (κ2) is 5.43. The Labute approximate surface area is 97.5 Å². The predicted octanol–water partition coefficient (Wildman–Crippen LogP) is 1.93. The Kier molecular flexibility index (Phi) is 3.93. The van der Waals surface area contributed by atoms with Crippen LogP contribution in [0.3, 0.4) is 0 Å². The fourth-order valence-corrected chi connectivity index (χ4v) is 2.41. The Morgan fingerprint density at radius 2 is 2.19 bits per heavy atom. The number of aromatic nitrogens is 3. The molecule has 4 heteroatoms. The van der Waals surface area contributed by atoms with Crippen molar-refractivity contribution < 1.29 is 0 Å². The zero-order valence-corrected chi connectivity index (χ0v) is 10.3. The van der Waals surface area contributed by atoms with Crippen LogP contribution < -0.4 is 5.32 Å². The van der Waals surface area contributed by atoms with Crippen LogP contribution >= 0.6 is 0 Å². The molecular weight excluding hydrogens is 200 g/mol. The molecule has 1 heterocycles. The van der Waals surface area contributed by atoms with E-state index in [1.54, 1.807) is 0 Å². The number of hydrogen-bond donors (Lipinski definition) is 1. The summed E-state index contributed by atoms with van der Waals surface area (Å²) in [5, 5.41) is 11.7. The molecule has 0 spiro atoms. The van der Waals surface area contributed by atoms with Crippen LogP contribution in [0.2, 0.25) is 0 Å². The molecule has 16 heavy (non-hydrogen) atoms. The van der Waals surface area contributed by atoms with Gasteiger partial charge in [-0.25, -0.2) is 0 Å². The SMILES string of the molecule is CC(C)NCCc1nncn1C1CCCC1. The standard InChI is InChI=1S/C12H22N4/c1-10(2)13-8-7-12-15-14-9-16(12)11-5-3-4-6-11/h9-11,13H,3-8H2,1-2H3. The molecule has 2 rings (SSSR count). The molecule has 0 radical (unpaired) electrons. The van der Waals surface area contributed by atoms with Crippen molar-refractivity contribution in [3.63, 3.8) is 0 Å². The molecule has 0 atom stereocenters. The van der Waals surface area contributed by atoms with E-state index >= 15 is 0 Å². The normalized spacial score (nSPS) is 17.4. The molecule has 0 amide bonds. The molecule has 0 unspecified atom stereocenters. The molecule has 0 aromatic carbocycles. The van der Waals surface area contributed by atoms with E-state index in [1.165, 1.54) is 25.7 Å². The first kappa shape index (κ1) is 11.6. The summed E-state index contributed by atoms with van der Waals surface area (Å²) in [7, 11) is 0. The highest BCUT2D eigenvalue weighted by Crippen LogP contribution is 2.29. The van der Waals surface area contributed by atoms with Crippen molar-refractivity contribution in [2.45, 2.75) is 58.0 Å². The van der Waals surface area contributed by atoms with E-state index in [-0.39, 0.29) is 0 Å². The van der Waals surface area contributed by atoms with Crippen LogP contribution in [0.1, 0.15) is 51.4 Å². The van der Waals surface area contributed by atoms with Crippen LogP contribution in [-0.4, -0.2) is 27.4 Å². The molecule has 1 fully saturated rings. The van der Waals surface area contributed by atoms with Gasteiger partial charge in [0.25, 0.3) is 0 Å². The lowest BCUT2D eigenvalue weighted by Gasteiger charge is -2.14. The van der Waals surface area contributed by atoms with Crippen LogP contribution in [0.5, 0.6) is 0 Å². The monoisotopic (exact) mass is 222 g/mol. The Balaban J connectivity index is 1.91. The van der Waals surface area contributed by atoms with Crippen LogP contribution in [0.25, 0.3) is 0 Å². The van der Waals surface area contributed by atoms with Crippen molar-refractivity contribution >= 4 is 0 Å². The van der Waals surface area contributed by atoms with Crippen LogP contribution in [-0.2, 0) is 6.42 Å². The maximum absolute atomic E-state index is 4.23. The smallest absolute Gasteiger partial charge is 0.134 e. The summed E-state index contributed by atoms with van der Waals surface area (Å²) in [5.41, 5.74) is 0. The van der Waals surface area contributed by atoms with E-state index in [4.69, 9.17) is 0 Å². The molecule has 1 aromatic rings. The zero-order chi connectivity index (χ0) is 11.4. The fourth-order valence-electron chi connectivity index (χ4n) is 2.41. The highest BCUT2D eigenvalue weighted by molar-refractivity contribution is 4.92. The van der Waals surface area contributed by atoms with E-state index in [0.717, 1.165) is 18.8 Å². The van der Waals surface area contributed by atoms with Crippen molar-refractivity contribution in [3.05, 3.63) is 12.2 Å². The topological polar surface area (TPSA) is 42.7 Å². The number of hydrogen-bond acceptors (Lipinski definition) is 3. The maximum atomic E-state index is 4.23. The van der Waals surface area contributed by atoms with Gasteiger partial charge < -0.3 is 9.88 Å². The van der Waals surface area contributed by atoms with Gasteiger partial charge in [0.05, 0.1) is 0 Å². The summed E-state index contributed by atoms with van der Waals surface area (Å²) in [6.45, 7) is 5.33. The molecule has 1 aromatic heterocycles. The summed E-state index contributed by atoms with van der Waals surface area (Å²) >= 11 is 0. The van der Waals surface area contributed by atoms with Crippen LogP contribution in [0, 0.1) is 0 Å². The van der Waals surface area contributed by atoms with Crippen molar-refractivity contribution in [2.75, 3.05) is 6.54 Å². The average Bonchev–Trinajstić information content (AvgIpc) is 2.84. The third-order valence-electron chi connectivity index (χ3n) is 3.27. The third-order valence-corrected chi connectivity index (χ3v) is 3.27. The van der Waals surface area contributed by atoms with Crippen LogP contribution in [0.15, 0.2) is 6.33 Å². The molecule has 4 nitrogen and oxygen atoms in total. The Morgan fingerprint density at radius 1 is 1.44 bits per heavy atom. The summed E-state index contributed by atoms with van der Waals surface area (Å²) in [6.07, 6.45) is 8.18. The maximum Gasteiger partial charge on any atom is 0.134 e. The molecule has 1 aliphatic carbocycles. The summed E-state index contributed by atoms with van der Waals surface area (Å²) in [4.78, 5) is 0. The third kappa shape index (κ3) is 2.82. The number of nitrogens with zero attached hydrogens (tertiary/aromatic N) is 3. The van der Waals surface area contributed by atoms with E-state index in [1.807, 2.05) is 6.33 Å².